The molecule has 0 spiro atoms. The molecule has 1 heterocycles. The smallest absolute Gasteiger partial charge is 0.236 e. The van der Waals surface area contributed by atoms with Crippen molar-refractivity contribution in [1.29, 1.82) is 0 Å². The molecule has 0 radical (unpaired) electrons. The summed E-state index contributed by atoms with van der Waals surface area (Å²) in [6.45, 7) is 5.94. The van der Waals surface area contributed by atoms with E-state index >= 15 is 0 Å². The molecule has 6 heteroatoms. The largest absolute Gasteiger partial charge is 0.342 e. The lowest BCUT2D eigenvalue weighted by Crippen LogP contribution is -2.49. The molecule has 1 rings (SSSR count). The standard InChI is InChI=1S/C11H22N2O3S/c1-9(2)13(4)10(14)7-12-11(3)5-6-17(15,16)8-11/h9,12H,5-8H2,1-4H3. The monoisotopic (exact) mass is 262 g/mol. The van der Waals surface area contributed by atoms with E-state index < -0.39 is 15.4 Å². The summed E-state index contributed by atoms with van der Waals surface area (Å²) in [5.74, 6) is 0.328. The van der Waals surface area contributed by atoms with Gasteiger partial charge in [-0.1, -0.05) is 0 Å². The molecule has 0 bridgehead atoms. The van der Waals surface area contributed by atoms with Crippen LogP contribution < -0.4 is 5.32 Å². The first-order valence-corrected chi connectivity index (χ1v) is 7.68. The van der Waals surface area contributed by atoms with Crippen LogP contribution in [0.2, 0.25) is 0 Å². The Morgan fingerprint density at radius 1 is 1.47 bits per heavy atom. The fourth-order valence-corrected chi connectivity index (χ4v) is 3.97. The number of hydrogen-bond acceptors (Lipinski definition) is 4. The van der Waals surface area contributed by atoms with Crippen LogP contribution in [0.15, 0.2) is 0 Å². The number of nitrogens with one attached hydrogen (secondary N) is 1. The topological polar surface area (TPSA) is 66.5 Å². The van der Waals surface area contributed by atoms with E-state index in [-0.39, 0.29) is 30.0 Å². The third kappa shape index (κ3) is 3.96. The highest BCUT2D eigenvalue weighted by Crippen LogP contribution is 2.22. The van der Waals surface area contributed by atoms with Gasteiger partial charge < -0.3 is 10.2 Å². The molecule has 1 unspecified atom stereocenters. The normalized spacial score (nSPS) is 27.4. The van der Waals surface area contributed by atoms with Crippen molar-refractivity contribution in [2.75, 3.05) is 25.1 Å². The summed E-state index contributed by atoms with van der Waals surface area (Å²) < 4.78 is 22.8. The average Bonchev–Trinajstić information content (AvgIpc) is 2.49. The quantitative estimate of drug-likeness (QED) is 0.775. The van der Waals surface area contributed by atoms with Crippen LogP contribution >= 0.6 is 0 Å². The van der Waals surface area contributed by atoms with Gasteiger partial charge in [0.25, 0.3) is 0 Å². The number of carbonyl (C=O) groups excluding carboxylic acids is 1. The minimum atomic E-state index is -2.93. The van der Waals surface area contributed by atoms with Crippen LogP contribution in [0.25, 0.3) is 0 Å². The van der Waals surface area contributed by atoms with Crippen molar-refractivity contribution in [1.82, 2.24) is 10.2 Å². The molecule has 0 aromatic rings. The number of rotatable bonds is 4. The molecule has 1 fully saturated rings. The molecule has 17 heavy (non-hydrogen) atoms. The van der Waals surface area contributed by atoms with Gasteiger partial charge in [0.05, 0.1) is 18.1 Å². The molecule has 0 aliphatic carbocycles. The van der Waals surface area contributed by atoms with E-state index in [4.69, 9.17) is 0 Å². The van der Waals surface area contributed by atoms with Crippen molar-refractivity contribution < 1.29 is 13.2 Å². The minimum Gasteiger partial charge on any atom is -0.342 e. The predicted molar refractivity (Wildman–Crippen MR) is 67.6 cm³/mol. The lowest BCUT2D eigenvalue weighted by atomic mass is 10.0. The third-order valence-electron chi connectivity index (χ3n) is 3.34. The molecule has 1 atom stereocenters. The van der Waals surface area contributed by atoms with E-state index in [1.54, 1.807) is 11.9 Å². The lowest BCUT2D eigenvalue weighted by Gasteiger charge is -2.27. The van der Waals surface area contributed by atoms with Crippen LogP contribution in [-0.4, -0.2) is 55.9 Å². The van der Waals surface area contributed by atoms with Crippen molar-refractivity contribution in [2.24, 2.45) is 0 Å². The van der Waals surface area contributed by atoms with E-state index in [2.05, 4.69) is 5.32 Å². The van der Waals surface area contributed by atoms with Crippen LogP contribution in [0.1, 0.15) is 27.2 Å². The number of amides is 1. The van der Waals surface area contributed by atoms with Gasteiger partial charge in [-0.2, -0.15) is 0 Å². The van der Waals surface area contributed by atoms with Gasteiger partial charge in [-0.05, 0) is 27.2 Å². The Bertz CT molecular complexity index is 392. The van der Waals surface area contributed by atoms with Gasteiger partial charge in [0, 0.05) is 18.6 Å². The Kier molecular flexibility index (Phi) is 4.19. The number of hydrogen-bond donors (Lipinski definition) is 1. The fraction of sp³-hybridized carbons (Fsp3) is 0.909. The van der Waals surface area contributed by atoms with Crippen LogP contribution in [0, 0.1) is 0 Å². The molecule has 1 aliphatic rings. The summed E-state index contributed by atoms with van der Waals surface area (Å²) in [5.41, 5.74) is -0.452. The highest BCUT2D eigenvalue weighted by molar-refractivity contribution is 7.91. The number of nitrogens with zero attached hydrogens (tertiary/aromatic N) is 1. The number of sulfone groups is 1. The van der Waals surface area contributed by atoms with Crippen molar-refractivity contribution in [3.8, 4) is 0 Å². The van der Waals surface area contributed by atoms with E-state index in [9.17, 15) is 13.2 Å². The van der Waals surface area contributed by atoms with Crippen molar-refractivity contribution >= 4 is 15.7 Å². The Labute approximate surface area is 103 Å². The maximum atomic E-state index is 11.8. The fourth-order valence-electron chi connectivity index (χ4n) is 1.85. The first-order valence-electron chi connectivity index (χ1n) is 5.86. The molecule has 100 valence electrons. The second-order valence-electron chi connectivity index (χ2n) is 5.35. The zero-order valence-electron chi connectivity index (χ0n) is 11.0. The van der Waals surface area contributed by atoms with Gasteiger partial charge in [0.2, 0.25) is 5.91 Å². The van der Waals surface area contributed by atoms with Gasteiger partial charge in [-0.3, -0.25) is 4.79 Å². The van der Waals surface area contributed by atoms with Crippen molar-refractivity contribution in [2.45, 2.75) is 38.8 Å². The zero-order valence-corrected chi connectivity index (χ0v) is 11.8. The Hall–Kier alpha value is -0.620. The molecule has 0 aromatic carbocycles. The van der Waals surface area contributed by atoms with Gasteiger partial charge >= 0.3 is 0 Å². The molecule has 5 nitrogen and oxygen atoms in total. The minimum absolute atomic E-state index is 0.00878. The van der Waals surface area contributed by atoms with Crippen LogP contribution in [0.3, 0.4) is 0 Å². The Morgan fingerprint density at radius 2 is 2.06 bits per heavy atom. The molecule has 1 aliphatic heterocycles. The molecule has 1 saturated heterocycles. The molecular formula is C11H22N2O3S. The maximum absolute atomic E-state index is 11.8. The second kappa shape index (κ2) is 4.94. The van der Waals surface area contributed by atoms with Gasteiger partial charge in [0.1, 0.15) is 0 Å². The highest BCUT2D eigenvalue weighted by Gasteiger charge is 2.38. The van der Waals surface area contributed by atoms with Crippen LogP contribution in [0.5, 0.6) is 0 Å². The van der Waals surface area contributed by atoms with Crippen LogP contribution in [-0.2, 0) is 14.6 Å². The summed E-state index contributed by atoms with van der Waals surface area (Å²) in [4.78, 5) is 13.4. The summed E-state index contributed by atoms with van der Waals surface area (Å²) in [6, 6.07) is 0.157. The highest BCUT2D eigenvalue weighted by atomic mass is 32.2. The second-order valence-corrected chi connectivity index (χ2v) is 7.54. The Morgan fingerprint density at radius 3 is 2.47 bits per heavy atom. The van der Waals surface area contributed by atoms with E-state index in [1.807, 2.05) is 20.8 Å². The maximum Gasteiger partial charge on any atom is 0.236 e. The first-order chi connectivity index (χ1) is 7.65. The van der Waals surface area contributed by atoms with Gasteiger partial charge in [0.15, 0.2) is 9.84 Å². The van der Waals surface area contributed by atoms with Gasteiger partial charge in [-0.15, -0.1) is 0 Å². The van der Waals surface area contributed by atoms with Crippen LogP contribution in [0.4, 0.5) is 0 Å². The first kappa shape index (κ1) is 14.4. The molecule has 1 amide bonds. The summed E-state index contributed by atoms with van der Waals surface area (Å²) >= 11 is 0. The molecule has 0 saturated carbocycles. The molecular weight excluding hydrogens is 240 g/mol. The van der Waals surface area contributed by atoms with Gasteiger partial charge in [-0.25, -0.2) is 8.42 Å². The van der Waals surface area contributed by atoms with E-state index in [0.29, 0.717) is 6.42 Å². The molecule has 1 N–H and O–H groups in total. The number of carbonyl (C=O) groups is 1. The average molecular weight is 262 g/mol. The third-order valence-corrected chi connectivity index (χ3v) is 5.24. The Balaban J connectivity index is 2.49. The van der Waals surface area contributed by atoms with Crippen molar-refractivity contribution in [3.63, 3.8) is 0 Å². The predicted octanol–water partition coefficient (Wildman–Crippen LogP) is 0.0200. The van der Waals surface area contributed by atoms with Crippen molar-refractivity contribution in [3.05, 3.63) is 0 Å². The lowest BCUT2D eigenvalue weighted by molar-refractivity contribution is -0.130. The molecule has 0 aromatic heterocycles. The van der Waals surface area contributed by atoms with E-state index in [0.717, 1.165) is 0 Å². The summed E-state index contributed by atoms with van der Waals surface area (Å²) in [6.07, 6.45) is 0.577. The van der Waals surface area contributed by atoms with E-state index in [1.165, 1.54) is 0 Å². The summed E-state index contributed by atoms with van der Waals surface area (Å²) in [7, 11) is -1.17. The SMILES string of the molecule is CC(C)N(C)C(=O)CNC1(C)CCS(=O)(=O)C1. The zero-order chi connectivity index (χ0) is 13.3. The number of likely N-dealkylation sites (N-methyl/N-ethyl adjacent to an activating group) is 1. The summed E-state index contributed by atoms with van der Waals surface area (Å²) in [5, 5.41) is 3.08.